The maximum Gasteiger partial charge on any atom is 0.416 e. The molecule has 0 heterocycles. The van der Waals surface area contributed by atoms with Crippen LogP contribution in [0.25, 0.3) is 0 Å². The van der Waals surface area contributed by atoms with Gasteiger partial charge in [-0.1, -0.05) is 0 Å². The second kappa shape index (κ2) is 6.03. The van der Waals surface area contributed by atoms with Gasteiger partial charge in [-0.3, -0.25) is 10.1 Å². The van der Waals surface area contributed by atoms with E-state index >= 15 is 0 Å². The Morgan fingerprint density at radius 1 is 1.09 bits per heavy atom. The summed E-state index contributed by atoms with van der Waals surface area (Å²) in [6, 6.07) is 5.60. The van der Waals surface area contributed by atoms with E-state index in [9.17, 15) is 32.5 Å². The van der Waals surface area contributed by atoms with E-state index in [1.807, 2.05) is 0 Å². The zero-order chi connectivity index (χ0) is 17.2. The molecule has 0 spiro atoms. The molecule has 0 unspecified atom stereocenters. The third kappa shape index (κ3) is 3.82. The summed E-state index contributed by atoms with van der Waals surface area (Å²) >= 11 is 0. The molecule has 0 aliphatic rings. The Hall–Kier alpha value is -2.97. The minimum Gasteiger partial charge on any atom is -0.416 e. The number of carbonyl (C=O) groups excluding carboxylic acids is 1. The number of nitro groups is 1. The molecule has 2 aromatic rings. The van der Waals surface area contributed by atoms with E-state index in [2.05, 4.69) is 0 Å². The summed E-state index contributed by atoms with van der Waals surface area (Å²) in [5.41, 5.74) is -2.36. The van der Waals surface area contributed by atoms with Gasteiger partial charge in [-0.2, -0.15) is 13.2 Å². The van der Waals surface area contributed by atoms with Crippen molar-refractivity contribution in [3.05, 3.63) is 69.5 Å². The molecule has 120 valence electrons. The lowest BCUT2D eigenvalue weighted by molar-refractivity contribution is -0.385. The summed E-state index contributed by atoms with van der Waals surface area (Å²) in [7, 11) is 0. The highest BCUT2D eigenvalue weighted by Crippen LogP contribution is 2.36. The predicted octanol–water partition coefficient (Wildman–Crippen LogP) is 3.97. The fraction of sp³-hybridized carbons (Fsp3) is 0.0714. The fourth-order valence-corrected chi connectivity index (χ4v) is 1.67. The van der Waals surface area contributed by atoms with E-state index in [1.54, 1.807) is 0 Å². The molecule has 0 aliphatic heterocycles. The maximum atomic E-state index is 12.8. The lowest BCUT2D eigenvalue weighted by atomic mass is 10.1. The van der Waals surface area contributed by atoms with Crippen molar-refractivity contribution in [1.82, 2.24) is 0 Å². The van der Waals surface area contributed by atoms with Gasteiger partial charge in [-0.25, -0.2) is 9.18 Å². The molecule has 0 atom stereocenters. The van der Waals surface area contributed by atoms with Crippen molar-refractivity contribution in [2.45, 2.75) is 6.18 Å². The van der Waals surface area contributed by atoms with Crippen LogP contribution in [0.5, 0.6) is 5.75 Å². The van der Waals surface area contributed by atoms with E-state index in [4.69, 9.17) is 4.74 Å². The summed E-state index contributed by atoms with van der Waals surface area (Å²) in [5, 5.41) is 10.9. The molecule has 5 nitrogen and oxygen atoms in total. The molecule has 0 aromatic heterocycles. The first kappa shape index (κ1) is 16.4. The minimum absolute atomic E-state index is 0.111. The number of esters is 1. The number of benzene rings is 2. The van der Waals surface area contributed by atoms with Gasteiger partial charge in [-0.15, -0.1) is 0 Å². The molecule has 0 saturated carbocycles. The van der Waals surface area contributed by atoms with Crippen molar-refractivity contribution >= 4 is 11.7 Å². The highest BCUT2D eigenvalue weighted by Gasteiger charge is 2.33. The van der Waals surface area contributed by atoms with Crippen LogP contribution in [0.1, 0.15) is 15.9 Å². The summed E-state index contributed by atoms with van der Waals surface area (Å²) in [6.45, 7) is 0. The number of hydrogen-bond acceptors (Lipinski definition) is 4. The molecule has 0 fully saturated rings. The first-order chi connectivity index (χ1) is 10.7. The van der Waals surface area contributed by atoms with Gasteiger partial charge in [0, 0.05) is 6.07 Å². The molecule has 0 radical (unpaired) electrons. The smallest absolute Gasteiger partial charge is 0.416 e. The number of rotatable bonds is 3. The molecular formula is C14H7F4NO4. The van der Waals surface area contributed by atoms with Crippen LogP contribution in [-0.2, 0) is 6.18 Å². The number of nitrogens with zero attached hydrogens (tertiary/aromatic N) is 1. The number of carbonyl (C=O) groups is 1. The number of ether oxygens (including phenoxy) is 1. The van der Waals surface area contributed by atoms with Gasteiger partial charge in [0.1, 0.15) is 5.82 Å². The topological polar surface area (TPSA) is 69.4 Å². The predicted molar refractivity (Wildman–Crippen MR) is 69.5 cm³/mol. The molecule has 0 aliphatic carbocycles. The normalized spacial score (nSPS) is 11.1. The third-order valence-electron chi connectivity index (χ3n) is 2.77. The molecule has 0 N–H and O–H groups in total. The average Bonchev–Trinajstić information content (AvgIpc) is 2.46. The number of nitro benzene ring substituents is 1. The molecule has 0 amide bonds. The molecule has 0 bridgehead atoms. The first-order valence-electron chi connectivity index (χ1n) is 6.02. The zero-order valence-electron chi connectivity index (χ0n) is 11.1. The second-order valence-corrected chi connectivity index (χ2v) is 4.33. The molecule has 0 saturated heterocycles. The van der Waals surface area contributed by atoms with Crippen molar-refractivity contribution in [2.75, 3.05) is 0 Å². The Kier molecular flexibility index (Phi) is 4.30. The Balaban J connectivity index is 2.34. The SMILES string of the molecule is O=C(Oc1ccc(C(F)(F)F)cc1[N+](=O)[O-])c1ccc(F)cc1. The largest absolute Gasteiger partial charge is 0.416 e. The lowest BCUT2D eigenvalue weighted by Gasteiger charge is -2.09. The standard InChI is InChI=1S/C14H7F4NO4/c15-10-4-1-8(2-5-10)13(20)23-12-6-3-9(14(16,17)18)7-11(12)19(21)22/h1-7H. The second-order valence-electron chi connectivity index (χ2n) is 4.33. The molecule has 9 heteroatoms. The van der Waals surface area contributed by atoms with Crippen molar-refractivity contribution in [3.8, 4) is 5.75 Å². The Labute approximate surface area is 126 Å². The van der Waals surface area contributed by atoms with Gasteiger partial charge in [0.15, 0.2) is 0 Å². The molecule has 2 aromatic carbocycles. The number of hydrogen-bond donors (Lipinski definition) is 0. The number of alkyl halides is 3. The van der Waals surface area contributed by atoms with Crippen LogP contribution in [0.15, 0.2) is 42.5 Å². The van der Waals surface area contributed by atoms with Gasteiger partial charge in [-0.05, 0) is 36.4 Å². The van der Waals surface area contributed by atoms with Crippen LogP contribution in [0.2, 0.25) is 0 Å². The van der Waals surface area contributed by atoms with Crippen LogP contribution in [0.3, 0.4) is 0 Å². The third-order valence-corrected chi connectivity index (χ3v) is 2.77. The van der Waals surface area contributed by atoms with Crippen molar-refractivity contribution in [3.63, 3.8) is 0 Å². The Bertz CT molecular complexity index is 756. The van der Waals surface area contributed by atoms with Crippen LogP contribution < -0.4 is 4.74 Å². The van der Waals surface area contributed by atoms with E-state index in [0.29, 0.717) is 12.1 Å². The lowest BCUT2D eigenvalue weighted by Crippen LogP contribution is -2.11. The zero-order valence-corrected chi connectivity index (χ0v) is 11.1. The van der Waals surface area contributed by atoms with E-state index in [1.165, 1.54) is 0 Å². The summed E-state index contributed by atoms with van der Waals surface area (Å²) in [6.07, 6.45) is -4.77. The van der Waals surface area contributed by atoms with E-state index < -0.39 is 39.9 Å². The van der Waals surface area contributed by atoms with Crippen LogP contribution >= 0.6 is 0 Å². The van der Waals surface area contributed by atoms with Gasteiger partial charge >= 0.3 is 17.8 Å². The van der Waals surface area contributed by atoms with Crippen molar-refractivity contribution in [2.24, 2.45) is 0 Å². The molecular weight excluding hydrogens is 322 g/mol. The van der Waals surface area contributed by atoms with E-state index in [0.717, 1.165) is 24.3 Å². The summed E-state index contributed by atoms with van der Waals surface area (Å²) < 4.78 is 55.2. The van der Waals surface area contributed by atoms with E-state index in [-0.39, 0.29) is 11.6 Å². The van der Waals surface area contributed by atoms with Crippen LogP contribution in [0.4, 0.5) is 23.2 Å². The van der Waals surface area contributed by atoms with Gasteiger partial charge in [0.25, 0.3) is 0 Å². The quantitative estimate of drug-likeness (QED) is 0.281. The first-order valence-corrected chi connectivity index (χ1v) is 6.02. The molecule has 2 rings (SSSR count). The maximum absolute atomic E-state index is 12.8. The highest BCUT2D eigenvalue weighted by molar-refractivity contribution is 5.91. The van der Waals surface area contributed by atoms with Gasteiger partial charge in [0.05, 0.1) is 16.1 Å². The monoisotopic (exact) mass is 329 g/mol. The average molecular weight is 329 g/mol. The highest BCUT2D eigenvalue weighted by atomic mass is 19.4. The fourth-order valence-electron chi connectivity index (χ4n) is 1.67. The van der Waals surface area contributed by atoms with Crippen molar-refractivity contribution < 1.29 is 32.0 Å². The van der Waals surface area contributed by atoms with Crippen LogP contribution in [0, 0.1) is 15.9 Å². The number of halogens is 4. The Morgan fingerprint density at radius 3 is 2.22 bits per heavy atom. The van der Waals surface area contributed by atoms with Gasteiger partial charge < -0.3 is 4.74 Å². The Morgan fingerprint density at radius 2 is 1.70 bits per heavy atom. The molecule has 23 heavy (non-hydrogen) atoms. The minimum atomic E-state index is -4.77. The van der Waals surface area contributed by atoms with Crippen LogP contribution in [-0.4, -0.2) is 10.9 Å². The summed E-state index contributed by atoms with van der Waals surface area (Å²) in [5.74, 6) is -2.31. The van der Waals surface area contributed by atoms with Gasteiger partial charge in [0.2, 0.25) is 5.75 Å². The van der Waals surface area contributed by atoms with Crippen molar-refractivity contribution in [1.29, 1.82) is 0 Å². The summed E-state index contributed by atoms with van der Waals surface area (Å²) in [4.78, 5) is 21.6.